The fourth-order valence-corrected chi connectivity index (χ4v) is 4.34. The molecular weight excluding hydrogens is 588 g/mol. The number of aliphatic hydroxyl groups is 1. The summed E-state index contributed by atoms with van der Waals surface area (Å²) in [6, 6.07) is 4.17. The highest BCUT2D eigenvalue weighted by atomic mass is 16.4. The Bertz CT molecular complexity index is 1130. The molecule has 0 bridgehead atoms. The Kier molecular flexibility index (Phi) is 19.6. The van der Waals surface area contributed by atoms with Crippen LogP contribution in [-0.4, -0.2) is 150 Å². The number of unbranched alkanes of at least 4 members (excludes halogenated alkanes) is 1. The molecule has 0 aromatic heterocycles. The minimum Gasteiger partial charge on any atom is -0.504 e. The highest BCUT2D eigenvalue weighted by molar-refractivity contribution is 5.91. The van der Waals surface area contributed by atoms with Crippen molar-refractivity contribution in [3.63, 3.8) is 0 Å². The molecule has 0 aliphatic rings. The Hall–Kier alpha value is -3.89. The van der Waals surface area contributed by atoms with Gasteiger partial charge in [-0.15, -0.1) is 0 Å². The second-order valence-corrected chi connectivity index (χ2v) is 10.6. The number of rotatable bonds is 25. The lowest BCUT2D eigenvalue weighted by molar-refractivity contribution is -0.138. The van der Waals surface area contributed by atoms with Gasteiger partial charge in [-0.3, -0.25) is 38.7 Å². The number of phenolic OH excluding ortho intramolecular Hbond substituents is 2. The maximum atomic E-state index is 12.2. The lowest BCUT2D eigenvalue weighted by Crippen LogP contribution is -2.44. The van der Waals surface area contributed by atoms with E-state index < -0.39 is 12.6 Å². The van der Waals surface area contributed by atoms with E-state index >= 15 is 0 Å². The van der Waals surface area contributed by atoms with Crippen LogP contribution in [0.5, 0.6) is 11.5 Å². The number of aliphatic hydroxyl groups excluding tert-OH is 1. The van der Waals surface area contributed by atoms with Crippen molar-refractivity contribution < 1.29 is 44.4 Å². The molecule has 1 rings (SSSR count). The van der Waals surface area contributed by atoms with E-state index in [4.69, 9.17) is 10.8 Å². The molecule has 0 atom stereocenters. The number of aromatic hydroxyl groups is 2. The van der Waals surface area contributed by atoms with E-state index in [2.05, 4.69) is 10.6 Å². The molecule has 0 heterocycles. The summed E-state index contributed by atoms with van der Waals surface area (Å²) in [5, 5.41) is 42.6. The average molecular weight is 637 g/mol. The number of Topliss-reactive ketones (excluding diaryl/α,β-unsaturated/α-hetero) is 2. The fourth-order valence-electron chi connectivity index (χ4n) is 4.34. The standard InChI is InChI=1S/C30H48N6O9/c1-23(38)19-34(14-16-36(21-30(44)45)17-15-35(13-9-31)20-25(39)22-37)12-3-2-4-28(42)32-10-11-33-29(43)8-6-24-5-7-26(40)27(41)18-24/h5-8,18,37,40-41H,2-4,9-17,19-22,31H2,1H3,(H,32,42)(H,33,43)(H,44,45)/b8-6+. The van der Waals surface area contributed by atoms with Crippen molar-refractivity contribution in [2.75, 3.05) is 85.1 Å². The van der Waals surface area contributed by atoms with Crippen LogP contribution in [0.3, 0.4) is 0 Å². The molecule has 252 valence electrons. The van der Waals surface area contributed by atoms with Crippen LogP contribution in [0.25, 0.3) is 6.08 Å². The van der Waals surface area contributed by atoms with Crippen molar-refractivity contribution >= 4 is 35.4 Å². The Morgan fingerprint density at radius 1 is 0.822 bits per heavy atom. The van der Waals surface area contributed by atoms with E-state index in [1.807, 2.05) is 4.90 Å². The van der Waals surface area contributed by atoms with Crippen molar-refractivity contribution in [1.29, 1.82) is 0 Å². The summed E-state index contributed by atoms with van der Waals surface area (Å²) >= 11 is 0. The number of ketones is 2. The zero-order valence-electron chi connectivity index (χ0n) is 25.9. The van der Waals surface area contributed by atoms with Crippen LogP contribution in [-0.2, 0) is 24.0 Å². The zero-order valence-corrected chi connectivity index (χ0v) is 25.9. The van der Waals surface area contributed by atoms with Gasteiger partial charge in [-0.2, -0.15) is 0 Å². The molecule has 0 unspecified atom stereocenters. The summed E-state index contributed by atoms with van der Waals surface area (Å²) in [7, 11) is 0. The molecule has 8 N–H and O–H groups in total. The number of nitrogens with zero attached hydrogens (tertiary/aromatic N) is 3. The Morgan fingerprint density at radius 2 is 1.44 bits per heavy atom. The smallest absolute Gasteiger partial charge is 0.317 e. The number of carbonyl (C=O) groups excluding carboxylic acids is 4. The van der Waals surface area contributed by atoms with E-state index in [9.17, 15) is 39.3 Å². The van der Waals surface area contributed by atoms with Gasteiger partial charge in [-0.1, -0.05) is 6.07 Å². The largest absolute Gasteiger partial charge is 0.504 e. The van der Waals surface area contributed by atoms with E-state index in [0.29, 0.717) is 64.2 Å². The Morgan fingerprint density at radius 3 is 2.02 bits per heavy atom. The summed E-state index contributed by atoms with van der Waals surface area (Å²) in [5.74, 6) is -2.48. The SMILES string of the molecule is CC(=O)CN(CCCCC(=O)NCCNC(=O)/C=C/c1ccc(O)c(O)c1)CCN(CCN(CCN)CC(=O)CO)CC(=O)O. The number of carbonyl (C=O) groups is 5. The molecule has 0 aliphatic heterocycles. The summed E-state index contributed by atoms with van der Waals surface area (Å²) < 4.78 is 0. The van der Waals surface area contributed by atoms with E-state index in [-0.39, 0.29) is 74.0 Å². The minimum atomic E-state index is -0.998. The van der Waals surface area contributed by atoms with E-state index in [1.54, 1.807) is 15.9 Å². The van der Waals surface area contributed by atoms with Gasteiger partial charge < -0.3 is 36.8 Å². The molecule has 45 heavy (non-hydrogen) atoms. The van der Waals surface area contributed by atoms with Gasteiger partial charge in [0.05, 0.1) is 19.6 Å². The lowest BCUT2D eigenvalue weighted by Gasteiger charge is -2.28. The number of aliphatic carboxylic acids is 1. The van der Waals surface area contributed by atoms with Crippen LogP contribution < -0.4 is 16.4 Å². The third-order valence-electron chi connectivity index (χ3n) is 6.59. The molecule has 0 aliphatic carbocycles. The quantitative estimate of drug-likeness (QED) is 0.0373. The zero-order chi connectivity index (χ0) is 33.6. The van der Waals surface area contributed by atoms with Gasteiger partial charge in [-0.25, -0.2) is 0 Å². The van der Waals surface area contributed by atoms with Crippen molar-refractivity contribution in [3.05, 3.63) is 29.8 Å². The maximum Gasteiger partial charge on any atom is 0.317 e. The van der Waals surface area contributed by atoms with Crippen molar-refractivity contribution in [2.45, 2.75) is 26.2 Å². The first-order valence-corrected chi connectivity index (χ1v) is 14.9. The van der Waals surface area contributed by atoms with Gasteiger partial charge in [0.2, 0.25) is 11.8 Å². The lowest BCUT2D eigenvalue weighted by atomic mass is 10.2. The van der Waals surface area contributed by atoms with E-state index in [1.165, 1.54) is 31.2 Å². The number of carboxylic acids is 1. The van der Waals surface area contributed by atoms with Crippen LogP contribution in [0.15, 0.2) is 24.3 Å². The van der Waals surface area contributed by atoms with Crippen molar-refractivity contribution in [2.24, 2.45) is 5.73 Å². The molecule has 2 amide bonds. The molecular formula is C30H48N6O9. The third-order valence-corrected chi connectivity index (χ3v) is 6.59. The topological polar surface area (TPSA) is 226 Å². The van der Waals surface area contributed by atoms with E-state index in [0.717, 1.165) is 0 Å². The van der Waals surface area contributed by atoms with Gasteiger partial charge >= 0.3 is 5.97 Å². The molecule has 15 heteroatoms. The second kappa shape index (κ2) is 22.6. The van der Waals surface area contributed by atoms with Gasteiger partial charge in [0.1, 0.15) is 12.4 Å². The first-order valence-electron chi connectivity index (χ1n) is 14.9. The van der Waals surface area contributed by atoms with Crippen LogP contribution in [0, 0.1) is 0 Å². The number of nitrogens with two attached hydrogens (primary N) is 1. The third kappa shape index (κ3) is 19.2. The fraction of sp³-hybridized carbons (Fsp3) is 0.567. The number of carboxylic acid groups (broad SMARTS) is 1. The molecule has 15 nitrogen and oxygen atoms in total. The summed E-state index contributed by atoms with van der Waals surface area (Å²) in [4.78, 5) is 64.5. The minimum absolute atomic E-state index is 0.0273. The monoisotopic (exact) mass is 636 g/mol. The normalized spacial score (nSPS) is 11.4. The summed E-state index contributed by atoms with van der Waals surface area (Å²) in [6.45, 7) is 4.22. The molecule has 1 aromatic carbocycles. The molecule has 0 radical (unpaired) electrons. The number of hydrogen-bond donors (Lipinski definition) is 7. The van der Waals surface area contributed by atoms with Gasteiger partial charge in [0.25, 0.3) is 0 Å². The highest BCUT2D eigenvalue weighted by Gasteiger charge is 2.16. The molecule has 0 saturated carbocycles. The van der Waals surface area contributed by atoms with Gasteiger partial charge in [-0.05, 0) is 50.1 Å². The number of nitrogens with one attached hydrogen (secondary N) is 2. The van der Waals surface area contributed by atoms with Crippen LogP contribution in [0.1, 0.15) is 31.7 Å². The molecule has 0 fully saturated rings. The van der Waals surface area contributed by atoms with Gasteiger partial charge in [0.15, 0.2) is 17.3 Å². The summed E-state index contributed by atoms with van der Waals surface area (Å²) in [6.07, 6.45) is 4.23. The highest BCUT2D eigenvalue weighted by Crippen LogP contribution is 2.25. The van der Waals surface area contributed by atoms with Crippen LogP contribution in [0.4, 0.5) is 0 Å². The Labute approximate surface area is 263 Å². The maximum absolute atomic E-state index is 12.2. The van der Waals surface area contributed by atoms with Crippen molar-refractivity contribution in [3.8, 4) is 11.5 Å². The van der Waals surface area contributed by atoms with Crippen molar-refractivity contribution in [1.82, 2.24) is 25.3 Å². The van der Waals surface area contributed by atoms with Gasteiger partial charge in [0, 0.05) is 64.9 Å². The van der Waals surface area contributed by atoms with Crippen LogP contribution >= 0.6 is 0 Å². The predicted molar refractivity (Wildman–Crippen MR) is 167 cm³/mol. The van der Waals surface area contributed by atoms with Crippen LogP contribution in [0.2, 0.25) is 0 Å². The average Bonchev–Trinajstić information content (AvgIpc) is 2.98. The first-order chi connectivity index (χ1) is 21.4. The number of hydrogen-bond acceptors (Lipinski definition) is 12. The Balaban J connectivity index is 2.41. The molecule has 1 aromatic rings. The number of benzene rings is 1. The molecule has 0 saturated heterocycles. The summed E-state index contributed by atoms with van der Waals surface area (Å²) in [5.41, 5.74) is 6.15. The first kappa shape index (κ1) is 39.1. The predicted octanol–water partition coefficient (Wildman–Crippen LogP) is -1.39. The second-order valence-electron chi connectivity index (χ2n) is 10.6. The number of phenols is 2. The number of amides is 2. The molecule has 0 spiro atoms.